The summed E-state index contributed by atoms with van der Waals surface area (Å²) in [4.78, 5) is 27.0. The standard InChI is InChI=1S/C30H48O2/c1-19-20(31)9-10-21-27(19,5)12-11-22-28(21,6)15-16-29(7)23-17-25(2,3)13-14-26(23,4)18-24(32)30(22,29)8/h19,21-23H,9-18H2,1-8H3/t19-,21?,22?,23+,26+,27+,28-,29-,30-/m0/s1. The van der Waals surface area contributed by atoms with Crippen molar-refractivity contribution in [3.63, 3.8) is 0 Å². The van der Waals surface area contributed by atoms with Gasteiger partial charge in [-0.05, 0) is 96.2 Å². The van der Waals surface area contributed by atoms with E-state index in [9.17, 15) is 9.59 Å². The van der Waals surface area contributed by atoms with Gasteiger partial charge in [0.15, 0.2) is 0 Å². The monoisotopic (exact) mass is 440 g/mol. The lowest BCUT2D eigenvalue weighted by atomic mass is 9.30. The molecular weight excluding hydrogens is 392 g/mol. The molecule has 0 spiro atoms. The van der Waals surface area contributed by atoms with Crippen LogP contribution in [0.3, 0.4) is 0 Å². The van der Waals surface area contributed by atoms with E-state index >= 15 is 0 Å². The summed E-state index contributed by atoms with van der Waals surface area (Å²) in [5, 5.41) is 0. The zero-order valence-electron chi connectivity index (χ0n) is 22.2. The topological polar surface area (TPSA) is 34.1 Å². The molecule has 0 N–H and O–H groups in total. The molecule has 0 amide bonds. The van der Waals surface area contributed by atoms with Gasteiger partial charge in [0, 0.05) is 24.2 Å². The third-order valence-corrected chi connectivity index (χ3v) is 13.5. The molecule has 5 aliphatic rings. The van der Waals surface area contributed by atoms with Crippen LogP contribution >= 0.6 is 0 Å². The lowest BCUT2D eigenvalue weighted by Crippen LogP contribution is -2.70. The van der Waals surface area contributed by atoms with Gasteiger partial charge in [-0.15, -0.1) is 0 Å². The van der Waals surface area contributed by atoms with E-state index in [-0.39, 0.29) is 33.0 Å². The summed E-state index contributed by atoms with van der Waals surface area (Å²) in [5.41, 5.74) is 0.753. The van der Waals surface area contributed by atoms with E-state index < -0.39 is 0 Å². The van der Waals surface area contributed by atoms with Gasteiger partial charge in [0.05, 0.1) is 0 Å². The first-order chi connectivity index (χ1) is 14.6. The van der Waals surface area contributed by atoms with Gasteiger partial charge >= 0.3 is 0 Å². The van der Waals surface area contributed by atoms with Crippen molar-refractivity contribution in [1.82, 2.24) is 0 Å². The Morgan fingerprint density at radius 1 is 0.719 bits per heavy atom. The van der Waals surface area contributed by atoms with Crippen LogP contribution in [0.5, 0.6) is 0 Å². The first-order valence-electron chi connectivity index (χ1n) is 13.7. The Labute approximate surface area is 197 Å². The zero-order chi connectivity index (χ0) is 23.5. The molecule has 2 unspecified atom stereocenters. The Kier molecular flexibility index (Phi) is 4.70. The number of fused-ring (bicyclic) bond motifs is 7. The number of Topliss-reactive ketones (excluding diaryl/α,β-unsaturated/α-hetero) is 2. The van der Waals surface area contributed by atoms with E-state index in [0.29, 0.717) is 34.7 Å². The van der Waals surface area contributed by atoms with Crippen molar-refractivity contribution < 1.29 is 9.59 Å². The summed E-state index contributed by atoms with van der Waals surface area (Å²) >= 11 is 0. The fourth-order valence-electron chi connectivity index (χ4n) is 11.0. The van der Waals surface area contributed by atoms with Crippen molar-refractivity contribution >= 4 is 11.6 Å². The van der Waals surface area contributed by atoms with E-state index in [0.717, 1.165) is 32.1 Å². The fourth-order valence-corrected chi connectivity index (χ4v) is 11.0. The van der Waals surface area contributed by atoms with Crippen LogP contribution in [-0.4, -0.2) is 11.6 Å². The smallest absolute Gasteiger partial charge is 0.140 e. The van der Waals surface area contributed by atoms with Crippen molar-refractivity contribution in [2.75, 3.05) is 0 Å². The summed E-state index contributed by atoms with van der Waals surface area (Å²) in [5.74, 6) is 2.92. The number of hydrogen-bond acceptors (Lipinski definition) is 2. The minimum absolute atomic E-state index is 0.1000. The van der Waals surface area contributed by atoms with Gasteiger partial charge in [0.25, 0.3) is 0 Å². The van der Waals surface area contributed by atoms with Gasteiger partial charge in [-0.25, -0.2) is 0 Å². The normalized spacial score (nSPS) is 57.1. The van der Waals surface area contributed by atoms with Crippen LogP contribution in [0.4, 0.5) is 0 Å². The molecule has 32 heavy (non-hydrogen) atoms. The number of rotatable bonds is 0. The average Bonchev–Trinajstić information content (AvgIpc) is 2.70. The minimum atomic E-state index is -0.219. The van der Waals surface area contributed by atoms with Crippen LogP contribution in [0.25, 0.3) is 0 Å². The van der Waals surface area contributed by atoms with Crippen LogP contribution in [-0.2, 0) is 9.59 Å². The van der Waals surface area contributed by atoms with Crippen molar-refractivity contribution in [3.8, 4) is 0 Å². The molecule has 0 aromatic heterocycles. The molecule has 5 saturated carbocycles. The molecule has 0 aromatic rings. The molecular formula is C30H48O2. The quantitative estimate of drug-likeness (QED) is 0.388. The van der Waals surface area contributed by atoms with Crippen LogP contribution in [0.15, 0.2) is 0 Å². The maximum Gasteiger partial charge on any atom is 0.140 e. The molecule has 0 aliphatic heterocycles. The van der Waals surface area contributed by atoms with Crippen LogP contribution in [0, 0.1) is 56.2 Å². The Balaban J connectivity index is 1.59. The van der Waals surface area contributed by atoms with E-state index in [4.69, 9.17) is 0 Å². The van der Waals surface area contributed by atoms with E-state index in [2.05, 4.69) is 55.4 Å². The van der Waals surface area contributed by atoms with E-state index in [1.54, 1.807) is 0 Å². The SMILES string of the molecule is C[C@H]1C(=O)CCC2[C@]3(C)CC[C@@]4(C)[C@@H]5CC(C)(C)CC[C@]5(C)CC(=O)[C@]4(C)C3CC[C@@]21C. The van der Waals surface area contributed by atoms with Crippen molar-refractivity contribution in [1.29, 1.82) is 0 Å². The zero-order valence-corrected chi connectivity index (χ0v) is 22.2. The molecule has 0 saturated heterocycles. The van der Waals surface area contributed by atoms with Crippen LogP contribution in [0.1, 0.15) is 120 Å². The number of ketones is 2. The van der Waals surface area contributed by atoms with Crippen molar-refractivity contribution in [3.05, 3.63) is 0 Å². The summed E-state index contributed by atoms with van der Waals surface area (Å²) in [6.07, 6.45) is 11.0. The first kappa shape index (κ1) is 23.1. The highest BCUT2D eigenvalue weighted by atomic mass is 16.1. The van der Waals surface area contributed by atoms with Crippen molar-refractivity contribution in [2.45, 2.75) is 120 Å². The summed E-state index contributed by atoms with van der Waals surface area (Å²) < 4.78 is 0. The molecule has 5 fully saturated rings. The average molecular weight is 441 g/mol. The Hall–Kier alpha value is -0.660. The van der Waals surface area contributed by atoms with Gasteiger partial charge in [-0.3, -0.25) is 9.59 Å². The summed E-state index contributed by atoms with van der Waals surface area (Å²) in [6.45, 7) is 19.5. The second-order valence-electron chi connectivity index (χ2n) is 15.2. The predicted octanol–water partition coefficient (Wildman–Crippen LogP) is 7.64. The maximum absolute atomic E-state index is 14.3. The molecule has 0 heterocycles. The highest BCUT2D eigenvalue weighted by Gasteiger charge is 2.73. The molecule has 2 nitrogen and oxygen atoms in total. The molecule has 180 valence electrons. The van der Waals surface area contributed by atoms with Gasteiger partial charge < -0.3 is 0 Å². The Bertz CT molecular complexity index is 857. The Morgan fingerprint density at radius 3 is 2.09 bits per heavy atom. The van der Waals surface area contributed by atoms with Crippen molar-refractivity contribution in [2.24, 2.45) is 56.2 Å². The largest absolute Gasteiger partial charge is 0.299 e. The molecule has 0 radical (unpaired) electrons. The number of hydrogen-bond donors (Lipinski definition) is 0. The van der Waals surface area contributed by atoms with Gasteiger partial charge in [0.1, 0.15) is 11.6 Å². The van der Waals surface area contributed by atoms with Crippen LogP contribution < -0.4 is 0 Å². The lowest BCUT2D eigenvalue weighted by molar-refractivity contribution is -0.243. The molecule has 5 rings (SSSR count). The molecule has 5 aliphatic carbocycles. The molecule has 0 aromatic carbocycles. The predicted molar refractivity (Wildman–Crippen MR) is 130 cm³/mol. The third-order valence-electron chi connectivity index (χ3n) is 13.5. The summed E-state index contributed by atoms with van der Waals surface area (Å²) in [7, 11) is 0. The van der Waals surface area contributed by atoms with Gasteiger partial charge in [-0.1, -0.05) is 55.4 Å². The number of carbonyl (C=O) groups excluding carboxylic acids is 2. The fraction of sp³-hybridized carbons (Fsp3) is 0.933. The Morgan fingerprint density at radius 2 is 1.41 bits per heavy atom. The second kappa shape index (κ2) is 6.51. The minimum Gasteiger partial charge on any atom is -0.299 e. The third kappa shape index (κ3) is 2.59. The maximum atomic E-state index is 14.3. The highest BCUT2D eigenvalue weighted by Crippen LogP contribution is 2.77. The van der Waals surface area contributed by atoms with Gasteiger partial charge in [-0.2, -0.15) is 0 Å². The number of carbonyl (C=O) groups is 2. The van der Waals surface area contributed by atoms with Gasteiger partial charge in [0.2, 0.25) is 0 Å². The lowest BCUT2D eigenvalue weighted by Gasteiger charge is -2.73. The van der Waals surface area contributed by atoms with Crippen LogP contribution in [0.2, 0.25) is 0 Å². The second-order valence-corrected chi connectivity index (χ2v) is 15.2. The first-order valence-corrected chi connectivity index (χ1v) is 13.7. The highest BCUT2D eigenvalue weighted by molar-refractivity contribution is 5.88. The summed E-state index contributed by atoms with van der Waals surface area (Å²) in [6, 6.07) is 0. The molecule has 9 atom stereocenters. The van der Waals surface area contributed by atoms with E-state index in [1.165, 1.54) is 32.1 Å². The van der Waals surface area contributed by atoms with E-state index in [1.807, 2.05) is 0 Å². The molecule has 2 heteroatoms. The molecule has 0 bridgehead atoms.